The minimum Gasteiger partial charge on any atom is -0.470 e. The van der Waals surface area contributed by atoms with Crippen LogP contribution in [0, 0.1) is 5.41 Å². The summed E-state index contributed by atoms with van der Waals surface area (Å²) < 4.78 is 9.97. The summed E-state index contributed by atoms with van der Waals surface area (Å²) in [5, 5.41) is 0. The Morgan fingerprint density at radius 1 is 1.14 bits per heavy atom. The molecule has 0 atom stereocenters. The van der Waals surface area contributed by atoms with Crippen LogP contribution in [0.2, 0.25) is 0 Å². The Morgan fingerprint density at radius 2 is 1.71 bits per heavy atom. The molecule has 120 valence electrons. The summed E-state index contributed by atoms with van der Waals surface area (Å²) in [7, 11) is 0. The van der Waals surface area contributed by atoms with Crippen LogP contribution in [-0.2, 0) is 10.2 Å². The molecule has 0 unspecified atom stereocenters. The maximum Gasteiger partial charge on any atom is 0.416 e. The second kappa shape index (κ2) is 6.83. The molecule has 0 spiro atoms. The SMILES string of the molecule is C.C=C1CC(C(C)(C)C)=CO1.CC(C)(C)c1c[nH]c(=O)o1. The normalized spacial score (nSPS) is 14.6. The van der Waals surface area contributed by atoms with Crippen LogP contribution in [0.25, 0.3) is 0 Å². The highest BCUT2D eigenvalue weighted by atomic mass is 16.5. The molecule has 4 nitrogen and oxygen atoms in total. The highest BCUT2D eigenvalue weighted by molar-refractivity contribution is 5.19. The van der Waals surface area contributed by atoms with E-state index in [0.717, 1.165) is 12.2 Å². The van der Waals surface area contributed by atoms with E-state index in [4.69, 9.17) is 9.15 Å². The summed E-state index contributed by atoms with van der Waals surface area (Å²) in [6.07, 6.45) is 4.33. The fourth-order valence-corrected chi connectivity index (χ4v) is 1.55. The minimum absolute atomic E-state index is 0. The van der Waals surface area contributed by atoms with Gasteiger partial charge in [-0.3, -0.25) is 4.98 Å². The van der Waals surface area contributed by atoms with Crippen molar-refractivity contribution in [1.29, 1.82) is 0 Å². The summed E-state index contributed by atoms with van der Waals surface area (Å²) in [4.78, 5) is 13.0. The molecule has 0 saturated heterocycles. The lowest BCUT2D eigenvalue weighted by Gasteiger charge is -2.17. The quantitative estimate of drug-likeness (QED) is 0.751. The van der Waals surface area contributed by atoms with E-state index in [1.807, 2.05) is 27.0 Å². The average Bonchev–Trinajstić information content (AvgIpc) is 2.85. The molecule has 1 aromatic rings. The second-order valence-corrected chi connectivity index (χ2v) is 7.02. The number of ether oxygens (including phenoxy) is 1. The molecule has 2 rings (SSSR count). The van der Waals surface area contributed by atoms with Crippen LogP contribution in [0.15, 0.2) is 39.6 Å². The van der Waals surface area contributed by atoms with E-state index in [9.17, 15) is 4.79 Å². The number of H-pyrrole nitrogens is 1. The van der Waals surface area contributed by atoms with Gasteiger partial charge in [-0.25, -0.2) is 4.79 Å². The molecule has 0 bridgehead atoms. The summed E-state index contributed by atoms with van der Waals surface area (Å²) in [6, 6.07) is 0. The van der Waals surface area contributed by atoms with Gasteiger partial charge in [0.2, 0.25) is 0 Å². The van der Waals surface area contributed by atoms with E-state index in [-0.39, 0.29) is 24.0 Å². The molecule has 0 amide bonds. The Bertz CT molecular complexity index is 548. The van der Waals surface area contributed by atoms with E-state index in [2.05, 4.69) is 32.3 Å². The van der Waals surface area contributed by atoms with Crippen molar-refractivity contribution in [3.8, 4) is 0 Å². The van der Waals surface area contributed by atoms with Gasteiger partial charge in [0.25, 0.3) is 0 Å². The Hall–Kier alpha value is -1.71. The van der Waals surface area contributed by atoms with E-state index >= 15 is 0 Å². The van der Waals surface area contributed by atoms with Crippen LogP contribution >= 0.6 is 0 Å². The third-order valence-corrected chi connectivity index (χ3v) is 2.98. The minimum atomic E-state index is -0.384. The molecule has 0 aromatic carbocycles. The Kier molecular flexibility index (Phi) is 6.28. The molecule has 1 N–H and O–H groups in total. The lowest BCUT2D eigenvalue weighted by atomic mass is 9.86. The monoisotopic (exact) mass is 295 g/mol. The first kappa shape index (κ1) is 19.3. The van der Waals surface area contributed by atoms with Crippen LogP contribution < -0.4 is 5.76 Å². The molecular formula is C17H29NO3. The second-order valence-electron chi connectivity index (χ2n) is 7.02. The third-order valence-electron chi connectivity index (χ3n) is 2.98. The fourth-order valence-electron chi connectivity index (χ4n) is 1.55. The van der Waals surface area contributed by atoms with E-state index in [0.29, 0.717) is 5.76 Å². The molecular weight excluding hydrogens is 266 g/mol. The zero-order chi connectivity index (χ0) is 15.6. The van der Waals surface area contributed by atoms with Gasteiger partial charge in [0, 0.05) is 18.0 Å². The largest absolute Gasteiger partial charge is 0.470 e. The number of aromatic nitrogens is 1. The highest BCUT2D eigenvalue weighted by Gasteiger charge is 2.22. The fraction of sp³-hybridized carbons (Fsp3) is 0.588. The van der Waals surface area contributed by atoms with Gasteiger partial charge in [0.1, 0.15) is 11.5 Å². The predicted octanol–water partition coefficient (Wildman–Crippen LogP) is 4.75. The van der Waals surface area contributed by atoms with Crippen LogP contribution in [0.5, 0.6) is 0 Å². The lowest BCUT2D eigenvalue weighted by molar-refractivity contribution is 0.369. The number of allylic oxidation sites excluding steroid dienone is 1. The molecule has 0 aliphatic carbocycles. The van der Waals surface area contributed by atoms with Crippen molar-refractivity contribution in [1.82, 2.24) is 4.98 Å². The number of nitrogens with one attached hydrogen (secondary N) is 1. The third kappa shape index (κ3) is 6.06. The van der Waals surface area contributed by atoms with Crippen molar-refractivity contribution < 1.29 is 9.15 Å². The number of rotatable bonds is 0. The van der Waals surface area contributed by atoms with Gasteiger partial charge < -0.3 is 9.15 Å². The lowest BCUT2D eigenvalue weighted by Crippen LogP contribution is -2.09. The molecule has 0 fully saturated rings. The predicted molar refractivity (Wildman–Crippen MR) is 87.1 cm³/mol. The van der Waals surface area contributed by atoms with Crippen LogP contribution in [0.1, 0.15) is 61.2 Å². The van der Waals surface area contributed by atoms with Crippen LogP contribution in [0.3, 0.4) is 0 Å². The van der Waals surface area contributed by atoms with Crippen molar-refractivity contribution in [2.24, 2.45) is 5.41 Å². The average molecular weight is 295 g/mol. The summed E-state index contributed by atoms with van der Waals surface area (Å²) in [5.41, 5.74) is 1.48. The molecule has 4 heteroatoms. The maximum absolute atomic E-state index is 10.5. The van der Waals surface area contributed by atoms with Crippen LogP contribution in [0.4, 0.5) is 0 Å². The van der Waals surface area contributed by atoms with Crippen molar-refractivity contribution >= 4 is 0 Å². The first-order valence-electron chi connectivity index (χ1n) is 6.73. The molecule has 0 saturated carbocycles. The zero-order valence-corrected chi connectivity index (χ0v) is 13.3. The van der Waals surface area contributed by atoms with Gasteiger partial charge >= 0.3 is 5.76 Å². The van der Waals surface area contributed by atoms with Gasteiger partial charge in [-0.2, -0.15) is 0 Å². The molecule has 1 aliphatic rings. The van der Waals surface area contributed by atoms with Gasteiger partial charge in [0.15, 0.2) is 0 Å². The van der Waals surface area contributed by atoms with Crippen molar-refractivity contribution in [2.75, 3.05) is 0 Å². The Labute approximate surface area is 127 Å². The molecule has 1 aliphatic heterocycles. The summed E-state index contributed by atoms with van der Waals surface area (Å²) in [6.45, 7) is 16.2. The standard InChI is InChI=1S/C9H14O.C7H11NO2.CH4/c1-7-5-8(6-10-7)9(2,3)4;1-7(2,3)5-4-8-6(9)10-5;/h6H,1,5H2,2-4H3;4H,1-3H3,(H,8,9);1H4. The highest BCUT2D eigenvalue weighted by Crippen LogP contribution is 2.34. The Morgan fingerprint density at radius 3 is 1.90 bits per heavy atom. The number of oxazole rings is 1. The van der Waals surface area contributed by atoms with Crippen molar-refractivity contribution in [3.63, 3.8) is 0 Å². The topological polar surface area (TPSA) is 55.2 Å². The van der Waals surface area contributed by atoms with Crippen LogP contribution in [-0.4, -0.2) is 4.98 Å². The van der Waals surface area contributed by atoms with Gasteiger partial charge in [-0.15, -0.1) is 0 Å². The molecule has 1 aromatic heterocycles. The van der Waals surface area contributed by atoms with Gasteiger partial charge in [-0.05, 0) is 11.0 Å². The number of hydrogen-bond donors (Lipinski definition) is 1. The molecule has 0 radical (unpaired) electrons. The zero-order valence-electron chi connectivity index (χ0n) is 13.3. The van der Waals surface area contributed by atoms with Crippen molar-refractivity contribution in [3.05, 3.63) is 46.7 Å². The van der Waals surface area contributed by atoms with Crippen molar-refractivity contribution in [2.45, 2.75) is 60.8 Å². The first-order chi connectivity index (χ1) is 9.00. The Balaban J connectivity index is 0.000000364. The molecule has 21 heavy (non-hydrogen) atoms. The first-order valence-corrected chi connectivity index (χ1v) is 6.73. The smallest absolute Gasteiger partial charge is 0.416 e. The van der Waals surface area contributed by atoms with E-state index < -0.39 is 0 Å². The maximum atomic E-state index is 10.5. The number of hydrogen-bond acceptors (Lipinski definition) is 3. The summed E-state index contributed by atoms with van der Waals surface area (Å²) >= 11 is 0. The van der Waals surface area contributed by atoms with E-state index in [1.54, 1.807) is 6.20 Å². The van der Waals surface area contributed by atoms with Gasteiger partial charge in [0.05, 0.1) is 6.26 Å². The number of aromatic amines is 1. The van der Waals surface area contributed by atoms with E-state index in [1.165, 1.54) is 5.57 Å². The molecule has 2 heterocycles. The summed E-state index contributed by atoms with van der Waals surface area (Å²) in [5.74, 6) is 1.17. The van der Waals surface area contributed by atoms with Gasteiger partial charge in [-0.1, -0.05) is 55.5 Å².